The molecule has 2 atom stereocenters. The molecule has 0 saturated carbocycles. The Hall–Kier alpha value is -1.36. The number of hydrogen-bond acceptors (Lipinski definition) is 5. The molecule has 0 amide bonds. The Labute approximate surface area is 115 Å². The molecule has 1 saturated heterocycles. The molecule has 2 heterocycles. The molecule has 0 bridgehead atoms. The third-order valence-electron chi connectivity index (χ3n) is 3.60. The van der Waals surface area contributed by atoms with Crippen molar-refractivity contribution >= 4 is 5.95 Å². The third-order valence-corrected chi connectivity index (χ3v) is 3.60. The van der Waals surface area contributed by atoms with Crippen molar-refractivity contribution in [2.45, 2.75) is 39.7 Å². The molecule has 0 aliphatic carbocycles. The van der Waals surface area contributed by atoms with Crippen molar-refractivity contribution in [3.05, 3.63) is 11.8 Å². The van der Waals surface area contributed by atoms with Crippen LogP contribution in [0.25, 0.3) is 0 Å². The quantitative estimate of drug-likeness (QED) is 0.897. The van der Waals surface area contributed by atoms with Gasteiger partial charge in [-0.05, 0) is 39.5 Å². The van der Waals surface area contributed by atoms with E-state index in [1.807, 2.05) is 19.9 Å². The summed E-state index contributed by atoms with van der Waals surface area (Å²) in [5.74, 6) is 1.95. The highest BCUT2D eigenvalue weighted by Crippen LogP contribution is 2.23. The standard InChI is InChI=1S/C14H24N4O/c1-4-19-13-8-10(2)16-14(17-13)18-7-5-6-12(9-18)11(3)15/h8,11-12H,4-7,9,15H2,1-3H3. The lowest BCUT2D eigenvalue weighted by Gasteiger charge is -2.34. The minimum absolute atomic E-state index is 0.221. The van der Waals surface area contributed by atoms with Crippen LogP contribution in [0.2, 0.25) is 0 Å². The molecule has 0 aromatic carbocycles. The van der Waals surface area contributed by atoms with Crippen molar-refractivity contribution in [1.82, 2.24) is 9.97 Å². The predicted octanol–water partition coefficient (Wildman–Crippen LogP) is 1.75. The maximum Gasteiger partial charge on any atom is 0.228 e. The van der Waals surface area contributed by atoms with Crippen molar-refractivity contribution in [3.63, 3.8) is 0 Å². The number of aryl methyl sites for hydroxylation is 1. The van der Waals surface area contributed by atoms with Gasteiger partial charge in [-0.15, -0.1) is 0 Å². The van der Waals surface area contributed by atoms with Crippen molar-refractivity contribution < 1.29 is 4.74 Å². The van der Waals surface area contributed by atoms with E-state index >= 15 is 0 Å². The molecule has 106 valence electrons. The lowest BCUT2D eigenvalue weighted by atomic mass is 9.92. The van der Waals surface area contributed by atoms with Gasteiger partial charge in [-0.1, -0.05) is 0 Å². The van der Waals surface area contributed by atoms with Gasteiger partial charge in [-0.3, -0.25) is 0 Å². The van der Waals surface area contributed by atoms with Gasteiger partial charge in [0.05, 0.1) is 6.61 Å². The molecule has 0 radical (unpaired) electrons. The zero-order valence-corrected chi connectivity index (χ0v) is 12.1. The summed E-state index contributed by atoms with van der Waals surface area (Å²) in [6, 6.07) is 2.10. The molecule has 1 aromatic rings. The zero-order chi connectivity index (χ0) is 13.8. The number of hydrogen-bond donors (Lipinski definition) is 1. The Morgan fingerprint density at radius 1 is 1.53 bits per heavy atom. The minimum Gasteiger partial charge on any atom is -0.478 e. The zero-order valence-electron chi connectivity index (χ0n) is 12.1. The average Bonchev–Trinajstić information content (AvgIpc) is 2.38. The predicted molar refractivity (Wildman–Crippen MR) is 76.5 cm³/mol. The molecule has 2 rings (SSSR count). The summed E-state index contributed by atoms with van der Waals surface area (Å²) < 4.78 is 5.49. The summed E-state index contributed by atoms with van der Waals surface area (Å²) >= 11 is 0. The summed E-state index contributed by atoms with van der Waals surface area (Å²) in [6.45, 7) is 8.57. The molecule has 5 nitrogen and oxygen atoms in total. The number of anilines is 1. The number of ether oxygens (including phenoxy) is 1. The van der Waals surface area contributed by atoms with E-state index in [-0.39, 0.29) is 6.04 Å². The number of aromatic nitrogens is 2. The van der Waals surface area contributed by atoms with Crippen molar-refractivity contribution in [2.75, 3.05) is 24.6 Å². The van der Waals surface area contributed by atoms with Gasteiger partial charge in [0, 0.05) is 30.9 Å². The normalized spacial score (nSPS) is 21.3. The first-order valence-electron chi connectivity index (χ1n) is 7.09. The second-order valence-electron chi connectivity index (χ2n) is 5.29. The monoisotopic (exact) mass is 264 g/mol. The van der Waals surface area contributed by atoms with Crippen LogP contribution in [-0.4, -0.2) is 35.7 Å². The first-order chi connectivity index (χ1) is 9.10. The molecular weight excluding hydrogens is 240 g/mol. The fourth-order valence-corrected chi connectivity index (χ4v) is 2.51. The van der Waals surface area contributed by atoms with Crippen LogP contribution in [0.1, 0.15) is 32.4 Å². The summed E-state index contributed by atoms with van der Waals surface area (Å²) in [6.07, 6.45) is 2.34. The second-order valence-corrected chi connectivity index (χ2v) is 5.29. The number of nitrogens with two attached hydrogens (primary N) is 1. The van der Waals surface area contributed by atoms with E-state index in [4.69, 9.17) is 10.5 Å². The Morgan fingerprint density at radius 3 is 3.00 bits per heavy atom. The van der Waals surface area contributed by atoms with Gasteiger partial charge in [0.25, 0.3) is 0 Å². The molecule has 0 spiro atoms. The van der Waals surface area contributed by atoms with E-state index in [1.54, 1.807) is 0 Å². The Kier molecular flexibility index (Phi) is 4.58. The molecule has 1 aromatic heterocycles. The topological polar surface area (TPSA) is 64.3 Å². The second kappa shape index (κ2) is 6.19. The Balaban J connectivity index is 2.16. The summed E-state index contributed by atoms with van der Waals surface area (Å²) in [7, 11) is 0. The first-order valence-corrected chi connectivity index (χ1v) is 7.09. The highest BCUT2D eigenvalue weighted by molar-refractivity contribution is 5.35. The lowest BCUT2D eigenvalue weighted by molar-refractivity contribution is 0.323. The smallest absolute Gasteiger partial charge is 0.228 e. The molecule has 2 unspecified atom stereocenters. The fourth-order valence-electron chi connectivity index (χ4n) is 2.51. The molecule has 1 aliphatic heterocycles. The van der Waals surface area contributed by atoms with Gasteiger partial charge in [-0.2, -0.15) is 4.98 Å². The summed E-state index contributed by atoms with van der Waals surface area (Å²) in [4.78, 5) is 11.2. The van der Waals surface area contributed by atoms with E-state index < -0.39 is 0 Å². The van der Waals surface area contributed by atoms with Gasteiger partial charge < -0.3 is 15.4 Å². The van der Waals surface area contributed by atoms with Crippen LogP contribution in [0.15, 0.2) is 6.07 Å². The van der Waals surface area contributed by atoms with Gasteiger partial charge in [0.15, 0.2) is 0 Å². The van der Waals surface area contributed by atoms with E-state index in [2.05, 4.69) is 21.8 Å². The average molecular weight is 264 g/mol. The highest BCUT2D eigenvalue weighted by Gasteiger charge is 2.24. The maximum absolute atomic E-state index is 6.02. The van der Waals surface area contributed by atoms with Crippen LogP contribution < -0.4 is 15.4 Å². The molecule has 2 N–H and O–H groups in total. The Morgan fingerprint density at radius 2 is 2.32 bits per heavy atom. The number of nitrogens with zero attached hydrogens (tertiary/aromatic N) is 3. The molecular formula is C14H24N4O. The SMILES string of the molecule is CCOc1cc(C)nc(N2CCCC(C(C)N)C2)n1. The summed E-state index contributed by atoms with van der Waals surface area (Å²) in [5.41, 5.74) is 6.96. The fraction of sp³-hybridized carbons (Fsp3) is 0.714. The number of rotatable bonds is 4. The third kappa shape index (κ3) is 3.56. The van der Waals surface area contributed by atoms with Gasteiger partial charge in [0.1, 0.15) is 0 Å². The number of piperidine rings is 1. The Bertz CT molecular complexity index is 422. The van der Waals surface area contributed by atoms with Crippen LogP contribution in [0.5, 0.6) is 5.88 Å². The molecule has 1 aliphatic rings. The largest absolute Gasteiger partial charge is 0.478 e. The van der Waals surface area contributed by atoms with E-state index in [0.717, 1.165) is 31.2 Å². The lowest BCUT2D eigenvalue weighted by Crippen LogP contribution is -2.43. The van der Waals surface area contributed by atoms with E-state index in [0.29, 0.717) is 18.4 Å². The summed E-state index contributed by atoms with van der Waals surface area (Å²) in [5, 5.41) is 0. The van der Waals surface area contributed by atoms with Crippen LogP contribution in [0.3, 0.4) is 0 Å². The van der Waals surface area contributed by atoms with Crippen LogP contribution in [0, 0.1) is 12.8 Å². The van der Waals surface area contributed by atoms with Crippen LogP contribution in [-0.2, 0) is 0 Å². The molecule has 19 heavy (non-hydrogen) atoms. The molecule has 1 fully saturated rings. The first kappa shape index (κ1) is 14.1. The van der Waals surface area contributed by atoms with Crippen LogP contribution in [0.4, 0.5) is 5.95 Å². The van der Waals surface area contributed by atoms with Gasteiger partial charge in [0.2, 0.25) is 11.8 Å². The van der Waals surface area contributed by atoms with Crippen molar-refractivity contribution in [3.8, 4) is 5.88 Å². The van der Waals surface area contributed by atoms with Gasteiger partial charge >= 0.3 is 0 Å². The highest BCUT2D eigenvalue weighted by atomic mass is 16.5. The van der Waals surface area contributed by atoms with E-state index in [1.165, 1.54) is 6.42 Å². The van der Waals surface area contributed by atoms with Crippen LogP contribution >= 0.6 is 0 Å². The van der Waals surface area contributed by atoms with Gasteiger partial charge in [-0.25, -0.2) is 4.98 Å². The van der Waals surface area contributed by atoms with Crippen molar-refractivity contribution in [1.29, 1.82) is 0 Å². The maximum atomic E-state index is 6.02. The van der Waals surface area contributed by atoms with Crippen molar-refractivity contribution in [2.24, 2.45) is 11.7 Å². The molecule has 5 heteroatoms. The van der Waals surface area contributed by atoms with E-state index in [9.17, 15) is 0 Å². The minimum atomic E-state index is 0.221.